The second kappa shape index (κ2) is 10.3. The molecule has 0 saturated heterocycles. The first-order valence-electron chi connectivity index (χ1n) is 9.86. The second-order valence-electron chi connectivity index (χ2n) is 6.83. The average molecular weight is 451 g/mol. The van der Waals surface area contributed by atoms with Crippen LogP contribution in [-0.2, 0) is 11.3 Å². The first-order valence-corrected chi connectivity index (χ1v) is 11.6. The number of carbonyl (C=O) groups excluding carboxylic acids is 1. The Morgan fingerprint density at radius 3 is 2.29 bits per heavy atom. The number of furan rings is 1. The highest BCUT2D eigenvalue weighted by Gasteiger charge is 2.22. The minimum Gasteiger partial charge on any atom is -0.467 e. The number of hydrogen-bond acceptors (Lipinski definition) is 7. The summed E-state index contributed by atoms with van der Waals surface area (Å²) in [6, 6.07) is 23.5. The fourth-order valence-electron chi connectivity index (χ4n) is 3.02. The number of nitrogens with one attached hydrogen (secondary N) is 2. The van der Waals surface area contributed by atoms with Gasteiger partial charge in [0, 0.05) is 0 Å². The van der Waals surface area contributed by atoms with Crippen molar-refractivity contribution in [2.24, 2.45) is 0 Å². The standard InChI is InChI=1S/C23H22N4O2S2/c1-16(30-23-27-26-22(31-23)24-15-19-13-8-14-29-19)21(28)25-20(17-9-4-2-5-10-17)18-11-6-3-7-12-18/h2-14,16,20H,15H2,1H3,(H,24,26)(H,25,28). The van der Waals surface area contributed by atoms with Crippen molar-refractivity contribution in [1.29, 1.82) is 0 Å². The number of nitrogens with zero attached hydrogens (tertiary/aromatic N) is 2. The van der Waals surface area contributed by atoms with Crippen molar-refractivity contribution >= 4 is 34.1 Å². The Morgan fingerprint density at radius 2 is 1.68 bits per heavy atom. The molecule has 2 heterocycles. The first-order chi connectivity index (χ1) is 15.2. The van der Waals surface area contributed by atoms with Gasteiger partial charge in [0.1, 0.15) is 5.76 Å². The maximum atomic E-state index is 13.0. The SMILES string of the molecule is CC(Sc1nnc(NCc2ccco2)s1)C(=O)NC(c1ccccc1)c1ccccc1. The Hall–Kier alpha value is -3.10. The summed E-state index contributed by atoms with van der Waals surface area (Å²) in [6.07, 6.45) is 1.64. The number of hydrogen-bond donors (Lipinski definition) is 2. The van der Waals surface area contributed by atoms with Gasteiger partial charge in [-0.05, 0) is 30.2 Å². The molecule has 31 heavy (non-hydrogen) atoms. The molecule has 0 radical (unpaired) electrons. The van der Waals surface area contributed by atoms with E-state index in [0.29, 0.717) is 11.7 Å². The highest BCUT2D eigenvalue weighted by molar-refractivity contribution is 8.02. The van der Waals surface area contributed by atoms with E-state index in [9.17, 15) is 4.79 Å². The molecule has 1 unspecified atom stereocenters. The van der Waals surface area contributed by atoms with E-state index >= 15 is 0 Å². The van der Waals surface area contributed by atoms with Gasteiger partial charge in [0.15, 0.2) is 4.34 Å². The molecule has 0 aliphatic rings. The predicted molar refractivity (Wildman–Crippen MR) is 124 cm³/mol. The third-order valence-electron chi connectivity index (χ3n) is 4.60. The quantitative estimate of drug-likeness (QED) is 0.344. The van der Waals surface area contributed by atoms with Crippen LogP contribution in [0.4, 0.5) is 5.13 Å². The summed E-state index contributed by atoms with van der Waals surface area (Å²) in [6.45, 7) is 2.42. The highest BCUT2D eigenvalue weighted by Crippen LogP contribution is 2.30. The molecule has 4 aromatic rings. The summed E-state index contributed by atoms with van der Waals surface area (Å²) in [7, 11) is 0. The molecule has 0 fully saturated rings. The van der Waals surface area contributed by atoms with E-state index in [4.69, 9.17) is 4.42 Å². The summed E-state index contributed by atoms with van der Waals surface area (Å²) >= 11 is 2.82. The third kappa shape index (κ3) is 5.74. The van der Waals surface area contributed by atoms with Crippen LogP contribution in [0.15, 0.2) is 87.8 Å². The molecule has 0 saturated carbocycles. The average Bonchev–Trinajstić information content (AvgIpc) is 3.49. The summed E-state index contributed by atoms with van der Waals surface area (Å²) < 4.78 is 6.04. The fraction of sp³-hybridized carbons (Fsp3) is 0.174. The van der Waals surface area contributed by atoms with Gasteiger partial charge in [-0.3, -0.25) is 4.79 Å². The van der Waals surface area contributed by atoms with Crippen LogP contribution in [0.2, 0.25) is 0 Å². The Labute approximate surface area is 189 Å². The van der Waals surface area contributed by atoms with Gasteiger partial charge >= 0.3 is 0 Å². The zero-order valence-electron chi connectivity index (χ0n) is 16.9. The van der Waals surface area contributed by atoms with Gasteiger partial charge in [0.2, 0.25) is 11.0 Å². The molecular weight excluding hydrogens is 428 g/mol. The van der Waals surface area contributed by atoms with Crippen LogP contribution in [0, 0.1) is 0 Å². The molecule has 4 rings (SSSR count). The van der Waals surface area contributed by atoms with Crippen molar-refractivity contribution in [3.05, 3.63) is 95.9 Å². The van der Waals surface area contributed by atoms with Crippen molar-refractivity contribution in [2.75, 3.05) is 5.32 Å². The summed E-state index contributed by atoms with van der Waals surface area (Å²) in [5.74, 6) is 0.771. The Bertz CT molecular complexity index is 1050. The van der Waals surface area contributed by atoms with Crippen LogP contribution in [0.5, 0.6) is 0 Å². The lowest BCUT2D eigenvalue weighted by Crippen LogP contribution is -2.34. The molecule has 2 aromatic carbocycles. The normalized spacial score (nSPS) is 11.9. The van der Waals surface area contributed by atoms with Gasteiger partial charge in [-0.15, -0.1) is 10.2 Å². The highest BCUT2D eigenvalue weighted by atomic mass is 32.2. The van der Waals surface area contributed by atoms with Gasteiger partial charge in [-0.2, -0.15) is 0 Å². The molecule has 0 aliphatic heterocycles. The third-order valence-corrected chi connectivity index (χ3v) is 6.66. The van der Waals surface area contributed by atoms with Gasteiger partial charge in [0.05, 0.1) is 24.1 Å². The zero-order chi connectivity index (χ0) is 21.5. The van der Waals surface area contributed by atoms with Gasteiger partial charge < -0.3 is 15.1 Å². The number of anilines is 1. The Kier molecular flexibility index (Phi) is 7.01. The van der Waals surface area contributed by atoms with Gasteiger partial charge in [0.25, 0.3) is 0 Å². The molecule has 2 N–H and O–H groups in total. The molecule has 0 bridgehead atoms. The van der Waals surface area contributed by atoms with Crippen LogP contribution >= 0.6 is 23.1 Å². The van der Waals surface area contributed by atoms with Crippen LogP contribution in [0.3, 0.4) is 0 Å². The Balaban J connectivity index is 1.39. The molecular formula is C23H22N4O2S2. The first kappa shape index (κ1) is 21.1. The topological polar surface area (TPSA) is 80.1 Å². The lowest BCUT2D eigenvalue weighted by molar-refractivity contribution is -0.120. The lowest BCUT2D eigenvalue weighted by atomic mass is 9.98. The summed E-state index contributed by atoms with van der Waals surface area (Å²) in [4.78, 5) is 13.0. The van der Waals surface area contributed by atoms with E-state index in [2.05, 4.69) is 20.8 Å². The largest absolute Gasteiger partial charge is 0.467 e. The van der Waals surface area contributed by atoms with E-state index < -0.39 is 0 Å². The number of rotatable bonds is 9. The number of amides is 1. The van der Waals surface area contributed by atoms with E-state index in [1.54, 1.807) is 6.26 Å². The minimum absolute atomic E-state index is 0.0528. The van der Waals surface area contributed by atoms with Gasteiger partial charge in [-0.25, -0.2) is 0 Å². The smallest absolute Gasteiger partial charge is 0.234 e. The van der Waals surface area contributed by atoms with E-state index in [-0.39, 0.29) is 17.2 Å². The number of carbonyl (C=O) groups is 1. The van der Waals surface area contributed by atoms with Crippen molar-refractivity contribution in [3.8, 4) is 0 Å². The molecule has 158 valence electrons. The van der Waals surface area contributed by atoms with Crippen LogP contribution in [0.1, 0.15) is 29.9 Å². The fourth-order valence-corrected chi connectivity index (χ4v) is 4.92. The van der Waals surface area contributed by atoms with Crippen molar-refractivity contribution in [1.82, 2.24) is 15.5 Å². The molecule has 1 amide bonds. The number of aromatic nitrogens is 2. The second-order valence-corrected chi connectivity index (χ2v) is 9.39. The maximum absolute atomic E-state index is 13.0. The molecule has 0 aliphatic carbocycles. The maximum Gasteiger partial charge on any atom is 0.234 e. The van der Waals surface area contributed by atoms with E-state index in [1.807, 2.05) is 79.7 Å². The van der Waals surface area contributed by atoms with Crippen LogP contribution in [0.25, 0.3) is 0 Å². The van der Waals surface area contributed by atoms with Crippen LogP contribution < -0.4 is 10.6 Å². The molecule has 0 spiro atoms. The van der Waals surface area contributed by atoms with E-state index in [1.165, 1.54) is 23.1 Å². The molecule has 8 heteroatoms. The lowest BCUT2D eigenvalue weighted by Gasteiger charge is -2.21. The zero-order valence-corrected chi connectivity index (χ0v) is 18.5. The van der Waals surface area contributed by atoms with Crippen molar-refractivity contribution < 1.29 is 9.21 Å². The number of benzene rings is 2. The van der Waals surface area contributed by atoms with Crippen molar-refractivity contribution in [2.45, 2.75) is 29.1 Å². The summed E-state index contributed by atoms with van der Waals surface area (Å²) in [5, 5.41) is 15.1. The molecule has 1 atom stereocenters. The van der Waals surface area contributed by atoms with E-state index in [0.717, 1.165) is 21.2 Å². The molecule has 6 nitrogen and oxygen atoms in total. The summed E-state index contributed by atoms with van der Waals surface area (Å²) in [5.41, 5.74) is 2.08. The minimum atomic E-state index is -0.319. The predicted octanol–water partition coefficient (Wildman–Crippen LogP) is 5.13. The van der Waals surface area contributed by atoms with Crippen molar-refractivity contribution in [3.63, 3.8) is 0 Å². The van der Waals surface area contributed by atoms with Gasteiger partial charge in [-0.1, -0.05) is 83.8 Å². The van der Waals surface area contributed by atoms with Crippen LogP contribution in [-0.4, -0.2) is 21.4 Å². The monoisotopic (exact) mass is 450 g/mol. The number of thioether (sulfide) groups is 1. The Morgan fingerprint density at radius 1 is 1.00 bits per heavy atom. The molecule has 2 aromatic heterocycles.